The van der Waals surface area contributed by atoms with Crippen LogP contribution in [0.1, 0.15) is 18.4 Å². The van der Waals surface area contributed by atoms with Gasteiger partial charge in [0.05, 0.1) is 11.3 Å². The molecular formula is C26H21F2N3O2. The quantitative estimate of drug-likeness (QED) is 0.564. The van der Waals surface area contributed by atoms with Crippen molar-refractivity contribution in [2.75, 3.05) is 28.2 Å². The van der Waals surface area contributed by atoms with E-state index in [1.165, 1.54) is 0 Å². The second-order valence-electron chi connectivity index (χ2n) is 8.02. The third-order valence-electron chi connectivity index (χ3n) is 5.90. The van der Waals surface area contributed by atoms with Gasteiger partial charge in [0.15, 0.2) is 0 Å². The monoisotopic (exact) mass is 445 g/mol. The van der Waals surface area contributed by atoms with Gasteiger partial charge in [-0.1, -0.05) is 30.3 Å². The van der Waals surface area contributed by atoms with Gasteiger partial charge < -0.3 is 10.2 Å². The topological polar surface area (TPSA) is 52.7 Å². The standard InChI is InChI=1S/C26H21F2N3O2/c27-18-8-13-21(28)22(16-18)31-25(32)23(17-6-2-1-3-7-17)24(26(31)33)29-19-9-11-20(12-10-19)30-14-4-5-15-30/h1-3,6-13,16,29H,4-5,14-15H2. The molecule has 5 rings (SSSR count). The Kier molecular flexibility index (Phi) is 5.38. The lowest BCUT2D eigenvalue weighted by molar-refractivity contribution is -0.120. The predicted molar refractivity (Wildman–Crippen MR) is 124 cm³/mol. The molecule has 33 heavy (non-hydrogen) atoms. The molecule has 0 aliphatic carbocycles. The number of nitrogens with one attached hydrogen (secondary N) is 1. The number of hydrogen-bond acceptors (Lipinski definition) is 4. The molecular weight excluding hydrogens is 424 g/mol. The lowest BCUT2D eigenvalue weighted by atomic mass is 10.0. The zero-order chi connectivity index (χ0) is 22.9. The third-order valence-corrected chi connectivity index (χ3v) is 5.90. The van der Waals surface area contributed by atoms with Crippen molar-refractivity contribution in [2.45, 2.75) is 12.8 Å². The van der Waals surface area contributed by atoms with Gasteiger partial charge in [-0.05, 0) is 54.8 Å². The van der Waals surface area contributed by atoms with Crippen LogP contribution >= 0.6 is 0 Å². The molecule has 2 heterocycles. The van der Waals surface area contributed by atoms with Gasteiger partial charge in [-0.2, -0.15) is 0 Å². The van der Waals surface area contributed by atoms with Crippen LogP contribution in [0.2, 0.25) is 0 Å². The molecule has 0 unspecified atom stereocenters. The number of anilines is 3. The van der Waals surface area contributed by atoms with E-state index in [1.54, 1.807) is 30.3 Å². The van der Waals surface area contributed by atoms with Crippen molar-refractivity contribution < 1.29 is 18.4 Å². The summed E-state index contributed by atoms with van der Waals surface area (Å²) in [4.78, 5) is 29.6. The van der Waals surface area contributed by atoms with Crippen molar-refractivity contribution in [3.63, 3.8) is 0 Å². The van der Waals surface area contributed by atoms with E-state index in [0.29, 0.717) is 16.2 Å². The molecule has 3 aromatic rings. The van der Waals surface area contributed by atoms with Crippen molar-refractivity contribution >= 4 is 34.4 Å². The van der Waals surface area contributed by atoms with Crippen molar-refractivity contribution in [3.05, 3.63) is 95.7 Å². The number of nitrogens with zero attached hydrogens (tertiary/aromatic N) is 2. The largest absolute Gasteiger partial charge is 0.372 e. The summed E-state index contributed by atoms with van der Waals surface area (Å²) in [5.41, 5.74) is 1.92. The van der Waals surface area contributed by atoms with E-state index in [9.17, 15) is 18.4 Å². The number of halogens is 2. The fourth-order valence-corrected chi connectivity index (χ4v) is 4.27. The average molecular weight is 445 g/mol. The molecule has 2 aliphatic rings. The van der Waals surface area contributed by atoms with Gasteiger partial charge in [0.25, 0.3) is 11.8 Å². The molecule has 0 saturated carbocycles. The molecule has 1 saturated heterocycles. The zero-order valence-corrected chi connectivity index (χ0v) is 17.7. The van der Waals surface area contributed by atoms with E-state index in [1.807, 2.05) is 24.3 Å². The van der Waals surface area contributed by atoms with Crippen molar-refractivity contribution in [3.8, 4) is 0 Å². The van der Waals surface area contributed by atoms with Crippen LogP contribution in [0.5, 0.6) is 0 Å². The van der Waals surface area contributed by atoms with E-state index >= 15 is 0 Å². The first kappa shape index (κ1) is 20.9. The summed E-state index contributed by atoms with van der Waals surface area (Å²) in [5, 5.41) is 3.05. The Hall–Kier alpha value is -4.00. The predicted octanol–water partition coefficient (Wildman–Crippen LogP) is 4.96. The van der Waals surface area contributed by atoms with E-state index < -0.39 is 29.1 Å². The van der Waals surface area contributed by atoms with Crippen LogP contribution in [-0.4, -0.2) is 24.9 Å². The first-order valence-electron chi connectivity index (χ1n) is 10.8. The SMILES string of the molecule is O=C1C(Nc2ccc(N3CCCC3)cc2)=C(c2ccccc2)C(=O)N1c1cc(F)ccc1F. The molecule has 1 fully saturated rings. The molecule has 0 atom stereocenters. The van der Waals surface area contributed by atoms with Crippen LogP contribution in [0.4, 0.5) is 25.8 Å². The van der Waals surface area contributed by atoms with Gasteiger partial charge >= 0.3 is 0 Å². The Morgan fingerprint density at radius 1 is 0.788 bits per heavy atom. The highest BCUT2D eigenvalue weighted by Gasteiger charge is 2.41. The second kappa shape index (κ2) is 8.50. The minimum atomic E-state index is -0.860. The highest BCUT2D eigenvalue weighted by molar-refractivity contribution is 6.46. The molecule has 0 radical (unpaired) electrons. The summed E-state index contributed by atoms with van der Waals surface area (Å²) in [6.45, 7) is 2.02. The summed E-state index contributed by atoms with van der Waals surface area (Å²) >= 11 is 0. The van der Waals surface area contributed by atoms with Crippen LogP contribution in [0.15, 0.2) is 78.5 Å². The maximum absolute atomic E-state index is 14.5. The second-order valence-corrected chi connectivity index (χ2v) is 8.02. The summed E-state index contributed by atoms with van der Waals surface area (Å²) in [5.74, 6) is -3.06. The van der Waals surface area contributed by atoms with E-state index in [0.717, 1.165) is 49.8 Å². The van der Waals surface area contributed by atoms with Gasteiger partial charge in [-0.15, -0.1) is 0 Å². The Morgan fingerprint density at radius 2 is 1.48 bits per heavy atom. The van der Waals surface area contributed by atoms with Crippen LogP contribution in [0.25, 0.3) is 5.57 Å². The van der Waals surface area contributed by atoms with Gasteiger partial charge in [0.2, 0.25) is 0 Å². The Balaban J connectivity index is 1.53. The number of rotatable bonds is 5. The summed E-state index contributed by atoms with van der Waals surface area (Å²) in [6.07, 6.45) is 2.33. The number of hydrogen-bond donors (Lipinski definition) is 1. The lowest BCUT2D eigenvalue weighted by Gasteiger charge is -2.18. The number of carbonyl (C=O) groups is 2. The van der Waals surface area contributed by atoms with Crippen LogP contribution in [-0.2, 0) is 9.59 Å². The third kappa shape index (κ3) is 3.86. The molecule has 0 aromatic heterocycles. The Labute approximate surface area is 189 Å². The molecule has 5 nitrogen and oxygen atoms in total. The molecule has 2 amide bonds. The highest BCUT2D eigenvalue weighted by atomic mass is 19.1. The molecule has 1 N–H and O–H groups in total. The van der Waals surface area contributed by atoms with Gasteiger partial charge in [0.1, 0.15) is 17.3 Å². The Morgan fingerprint density at radius 3 is 2.18 bits per heavy atom. The lowest BCUT2D eigenvalue weighted by Crippen LogP contribution is -2.33. The average Bonchev–Trinajstić information content (AvgIpc) is 3.44. The number of benzene rings is 3. The summed E-state index contributed by atoms with van der Waals surface area (Å²) in [7, 11) is 0. The normalized spacial score (nSPS) is 16.2. The fourth-order valence-electron chi connectivity index (χ4n) is 4.27. The first-order chi connectivity index (χ1) is 16.0. The maximum Gasteiger partial charge on any atom is 0.282 e. The van der Waals surface area contributed by atoms with Crippen LogP contribution in [0.3, 0.4) is 0 Å². The maximum atomic E-state index is 14.5. The molecule has 2 aliphatic heterocycles. The number of carbonyl (C=O) groups excluding carboxylic acids is 2. The van der Waals surface area contributed by atoms with Crippen molar-refractivity contribution in [1.29, 1.82) is 0 Å². The fraction of sp³-hybridized carbons (Fsp3) is 0.154. The first-order valence-corrected chi connectivity index (χ1v) is 10.8. The summed E-state index contributed by atoms with van der Waals surface area (Å²) in [6, 6.07) is 19.0. The van der Waals surface area contributed by atoms with Gasteiger partial charge in [-0.3, -0.25) is 9.59 Å². The molecule has 3 aromatic carbocycles. The zero-order valence-electron chi connectivity index (χ0n) is 17.7. The Bertz CT molecular complexity index is 1250. The number of imide groups is 1. The number of amides is 2. The minimum absolute atomic E-state index is 0.0174. The van der Waals surface area contributed by atoms with E-state index in [-0.39, 0.29) is 11.3 Å². The molecule has 7 heteroatoms. The minimum Gasteiger partial charge on any atom is -0.372 e. The van der Waals surface area contributed by atoms with E-state index in [4.69, 9.17) is 0 Å². The van der Waals surface area contributed by atoms with Gasteiger partial charge in [-0.25, -0.2) is 13.7 Å². The molecule has 166 valence electrons. The van der Waals surface area contributed by atoms with Crippen LogP contribution in [0, 0.1) is 11.6 Å². The van der Waals surface area contributed by atoms with Crippen LogP contribution < -0.4 is 15.1 Å². The van der Waals surface area contributed by atoms with Crippen molar-refractivity contribution in [1.82, 2.24) is 0 Å². The highest BCUT2D eigenvalue weighted by Crippen LogP contribution is 2.35. The smallest absolute Gasteiger partial charge is 0.282 e. The molecule has 0 spiro atoms. The van der Waals surface area contributed by atoms with Gasteiger partial charge in [0, 0.05) is 30.5 Å². The van der Waals surface area contributed by atoms with E-state index in [2.05, 4.69) is 10.2 Å². The van der Waals surface area contributed by atoms with Crippen molar-refractivity contribution in [2.24, 2.45) is 0 Å². The summed E-state index contributed by atoms with van der Waals surface area (Å²) < 4.78 is 28.3. The molecule has 0 bridgehead atoms.